The second-order valence-electron chi connectivity index (χ2n) is 22.9. The van der Waals surface area contributed by atoms with E-state index in [0.29, 0.717) is 22.3 Å². The molecular weight excluding hydrogens is 2940 g/mol. The number of carboxylic acid groups (broad SMARTS) is 8. The SMILES string of the molecule is CC(=O)[O-].CC(=O)[O-].CC(=O)[O-].CC(=O)[O-].CC(=O)[O-].CC(=O)[O-].CC(=O)[O-].CC(=O)[O-].CC(C[O-])(C[O-])N=Cc1c([O-])ccc2ccccc12.CC(C[O-])(C[O-])N=Cc1c([O-])ccc2ccccc12.CO.CO.CO.CO.C[C@@](C[O-])(CO)N=Cc1c([O-])ccc2ccccc12.C[C@](C[O-])(CO)N=Cc1c([O-])ccc2ccccc12.C[O-].C[O-].C[O-].C[O-].O.O.[Dy+3].[Dy+3].[Dy+3].[Dy+3].[Dy+3].[Dy+3].[O-2].[O-2].[Zn+2].[Zn+2].[Zn+2].[Zn+2]. The van der Waals surface area contributed by atoms with Crippen LogP contribution in [0.25, 0.3) is 43.1 Å². The summed E-state index contributed by atoms with van der Waals surface area (Å²) in [5, 5.41) is 271. The normalized spacial score (nSPS) is 9.30. The van der Waals surface area contributed by atoms with Crippen LogP contribution in [-0.2, 0) is 127 Å². The van der Waals surface area contributed by atoms with Crippen molar-refractivity contribution in [2.45, 2.75) is 105 Å². The van der Waals surface area contributed by atoms with Gasteiger partial charge in [0.15, 0.2) is 0 Å². The minimum Gasteiger partial charge on any atom is -2.00 e. The summed E-state index contributed by atoms with van der Waals surface area (Å²) in [6.07, 6.45) is 5.53. The van der Waals surface area contributed by atoms with E-state index >= 15 is 0 Å². The Morgan fingerprint density at radius 2 is 0.370 bits per heavy atom. The van der Waals surface area contributed by atoms with Crippen molar-refractivity contribution in [1.82, 2.24) is 0 Å². The van der Waals surface area contributed by atoms with Gasteiger partial charge in [-0.15, -0.1) is 39.6 Å². The molecule has 8 aromatic rings. The zero-order valence-corrected chi connectivity index (χ0v) is 103. The van der Waals surface area contributed by atoms with E-state index in [-0.39, 0.29) is 365 Å². The number of aliphatic imine (C=N–C) groups is 4. The number of nitrogens with zero attached hydrogens (tertiary/aromatic N) is 4. The largest absolute Gasteiger partial charge is 3.00 e. The third-order valence-corrected chi connectivity index (χ3v) is 12.3. The van der Waals surface area contributed by atoms with Crippen molar-refractivity contribution in [3.63, 3.8) is 0 Å². The third kappa shape index (κ3) is 117. The van der Waals surface area contributed by atoms with Crippen LogP contribution in [-0.4, -0.2) is 246 Å². The van der Waals surface area contributed by atoms with Crippen LogP contribution in [0, 0.1) is 229 Å². The van der Waals surface area contributed by atoms with Gasteiger partial charge in [0.2, 0.25) is 0 Å². The van der Waals surface area contributed by atoms with Crippen molar-refractivity contribution in [2.75, 3.05) is 110 Å². The van der Waals surface area contributed by atoms with Crippen LogP contribution in [0.2, 0.25) is 0 Å². The summed E-state index contributed by atoms with van der Waals surface area (Å²) < 4.78 is 0. The predicted molar refractivity (Wildman–Crippen MR) is 431 cm³/mol. The Kier molecular flexibility index (Phi) is 200. The Bertz CT molecular complexity index is 3670. The molecule has 138 heavy (non-hydrogen) atoms. The predicted octanol–water partition coefficient (Wildman–Crippen LogP) is -17.0. The van der Waals surface area contributed by atoms with E-state index in [1.807, 2.05) is 97.1 Å². The van der Waals surface area contributed by atoms with Gasteiger partial charge in [0, 0.05) is 112 Å². The Balaban J connectivity index is -0.0000000425. The maximum atomic E-state index is 11.9. The summed E-state index contributed by atoms with van der Waals surface area (Å²) in [4.78, 5) is 87.3. The number of aliphatic carboxylic acids is 8. The average molecular weight is 3060 g/mol. The first kappa shape index (κ1) is 205. The molecule has 0 aliphatic carbocycles. The van der Waals surface area contributed by atoms with Crippen LogP contribution in [0.4, 0.5) is 0 Å². The minimum absolute atomic E-state index is 0. The van der Waals surface area contributed by atoms with Gasteiger partial charge in [-0.3, -0.25) is 20.0 Å². The number of hydrogen-bond donors (Lipinski definition) is 6. The number of rotatable bonds is 16. The van der Waals surface area contributed by atoms with Crippen molar-refractivity contribution >= 4 is 116 Å². The summed E-state index contributed by atoms with van der Waals surface area (Å²) in [7, 11) is 7.00. The Hall–Kier alpha value is -2.23. The van der Waals surface area contributed by atoms with Crippen LogP contribution in [0.15, 0.2) is 166 Å². The molecule has 0 saturated heterocycles. The minimum atomic E-state index is -1.19. The number of benzene rings is 8. The molecule has 0 unspecified atom stereocenters. The van der Waals surface area contributed by atoms with Crippen molar-refractivity contribution in [3.8, 4) is 23.0 Å². The molecule has 0 amide bonds. The fourth-order valence-electron chi connectivity index (χ4n) is 7.00. The topological polar surface area (TPSA) is 935 Å². The quantitative estimate of drug-likeness (QED) is 0.0386. The van der Waals surface area contributed by atoms with Gasteiger partial charge in [-0.2, -0.15) is 28.4 Å². The third-order valence-electron chi connectivity index (χ3n) is 12.3. The van der Waals surface area contributed by atoms with Crippen LogP contribution in [0.5, 0.6) is 23.0 Å². The van der Waals surface area contributed by atoms with E-state index < -0.39 is 110 Å². The first-order chi connectivity index (χ1) is 58.2. The maximum absolute atomic E-state index is 11.9. The van der Waals surface area contributed by atoms with E-state index in [1.54, 1.807) is 38.1 Å². The standard InChI is InChI=1S/2C15H16NO3.2C15H15NO3.8C2H4O2.4CH4O.4CH3O.6Dy.2H2O.2O.4Zn/c4*1-15(9-17,10-18)16-8-13-12-5-3-2-4-11(12)6-7-14(13)19;8*1-2(3)4;8*1-2;;;;;;;;;;;;;;/h2*2-8,17,19H,9-10H2,1H3;2*2-8,19H,9-10H2,1H3;8*1H3,(H,3,4);4*2H,1H3;4*1H3;;;;;;;2*1H2;;;;;;/q2*-1;2*-2;;;;;;;;;;;;;4*-1;6*+3;;;2*-2;4*+2/p-12/t2*15-;;;;;;;;;;;;;;;;;;;;;;;;;;;;;;;;/m10................................/s1. The monoisotopic (exact) mass is 3060 g/mol. The molecular formula is C84H114Dy6N4O40Zn4. The molecule has 0 aliphatic heterocycles. The number of aliphatic hydroxyl groups is 6. The zero-order valence-electron chi connectivity index (χ0n) is 79.1. The molecule has 8 rings (SSSR count). The summed E-state index contributed by atoms with van der Waals surface area (Å²) >= 11 is 0. The van der Waals surface area contributed by atoms with Gasteiger partial charge in [0.25, 0.3) is 0 Å². The number of carbonyl (C=O) groups excluding carboxylic acids is 8. The molecule has 6 radical (unpaired) electrons. The van der Waals surface area contributed by atoms with Gasteiger partial charge in [-0.25, -0.2) is 0 Å². The fraction of sp³-hybridized carbons (Fsp3) is 0.381. The van der Waals surface area contributed by atoms with Crippen LogP contribution >= 0.6 is 0 Å². The van der Waals surface area contributed by atoms with Crippen LogP contribution in [0.1, 0.15) is 105 Å². The molecule has 0 heterocycles. The Morgan fingerprint density at radius 1 is 0.261 bits per heavy atom. The molecule has 0 saturated carbocycles. The summed E-state index contributed by atoms with van der Waals surface area (Å²) in [6.45, 7) is 9.79. The molecule has 778 valence electrons. The van der Waals surface area contributed by atoms with Gasteiger partial charge in [0.05, 0.1) is 24.3 Å². The van der Waals surface area contributed by atoms with Crippen LogP contribution < -0.4 is 112 Å². The molecule has 0 aromatic heterocycles. The van der Waals surface area contributed by atoms with Gasteiger partial charge < -0.3 is 203 Å². The first-order valence-corrected chi connectivity index (χ1v) is 34.7. The zero-order chi connectivity index (χ0) is 100. The van der Waals surface area contributed by atoms with E-state index in [0.717, 1.165) is 155 Å². The molecule has 10 N–H and O–H groups in total. The van der Waals surface area contributed by atoms with Crippen molar-refractivity contribution < 1.29 is 510 Å². The van der Waals surface area contributed by atoms with Gasteiger partial charge in [0.1, 0.15) is 0 Å². The number of fused-ring (bicyclic) bond motifs is 4. The van der Waals surface area contributed by atoms with Crippen molar-refractivity contribution in [1.29, 1.82) is 0 Å². The molecule has 8 aromatic carbocycles. The molecule has 2 atom stereocenters. The Labute approximate surface area is 1040 Å². The molecule has 0 bridgehead atoms. The smallest absolute Gasteiger partial charge is 2.00 e. The molecule has 0 aliphatic rings. The van der Waals surface area contributed by atoms with Crippen molar-refractivity contribution in [2.24, 2.45) is 20.0 Å². The molecule has 44 nitrogen and oxygen atoms in total. The van der Waals surface area contributed by atoms with E-state index in [2.05, 4.69) is 20.0 Å². The van der Waals surface area contributed by atoms with E-state index in [4.69, 9.17) is 130 Å². The molecule has 54 heteroatoms. The second kappa shape index (κ2) is 135. The average Bonchev–Trinajstić information content (AvgIpc) is 0.826. The Morgan fingerprint density at radius 3 is 0.478 bits per heavy atom. The van der Waals surface area contributed by atoms with Crippen LogP contribution in [0.3, 0.4) is 0 Å². The second-order valence-corrected chi connectivity index (χ2v) is 22.9. The summed E-state index contributed by atoms with van der Waals surface area (Å²) in [5.74, 6) is -9.29. The maximum Gasteiger partial charge on any atom is 3.00 e. The number of aliphatic hydroxyl groups excluding tert-OH is 6. The molecule has 0 fully saturated rings. The summed E-state index contributed by atoms with van der Waals surface area (Å²) in [5.41, 5.74) is -2.80. The van der Waals surface area contributed by atoms with Gasteiger partial charge >= 0.3 is 307 Å². The number of hydrogen-bond acceptors (Lipinski definition) is 40. The fourth-order valence-corrected chi connectivity index (χ4v) is 7.00. The van der Waals surface area contributed by atoms with Crippen molar-refractivity contribution in [3.05, 3.63) is 168 Å². The van der Waals surface area contributed by atoms with Gasteiger partial charge in [-0.05, 0) is 148 Å². The van der Waals surface area contributed by atoms with Gasteiger partial charge in [-0.1, -0.05) is 169 Å². The summed E-state index contributed by atoms with van der Waals surface area (Å²) in [6, 6.07) is 42.7. The van der Waals surface area contributed by atoms with E-state index in [9.17, 15) is 51.1 Å². The first-order valence-electron chi connectivity index (χ1n) is 34.7. The molecule has 0 spiro atoms. The number of carbonyl (C=O) groups is 8. The number of carboxylic acids is 8. The van der Waals surface area contributed by atoms with E-state index in [1.165, 1.54) is 63.0 Å².